The lowest BCUT2D eigenvalue weighted by Gasteiger charge is -2.33. The van der Waals surface area contributed by atoms with Crippen LogP contribution in [0, 0.1) is 0 Å². The van der Waals surface area contributed by atoms with Crippen molar-refractivity contribution >= 4 is 5.82 Å². The second kappa shape index (κ2) is 7.46. The standard InChI is InChI=1S/C15H25N3O/c1-3-9-19-14-5-4-8-18(12-14)15-10-13(11-16-2)6-7-17-15/h6-7,10,14,16H,3-5,8-9,11-12H2,1-2H3. The van der Waals surface area contributed by atoms with Gasteiger partial charge < -0.3 is 15.0 Å². The van der Waals surface area contributed by atoms with E-state index in [1.807, 2.05) is 13.2 Å². The molecular formula is C15H25N3O. The molecule has 0 radical (unpaired) electrons. The molecule has 1 atom stereocenters. The van der Waals surface area contributed by atoms with Crippen LogP contribution in [0.15, 0.2) is 18.3 Å². The highest BCUT2D eigenvalue weighted by Gasteiger charge is 2.21. The Morgan fingerprint density at radius 2 is 2.42 bits per heavy atom. The SMILES string of the molecule is CCCOC1CCCN(c2cc(CNC)ccn2)C1. The molecule has 1 aliphatic rings. The van der Waals surface area contributed by atoms with Crippen molar-refractivity contribution in [1.29, 1.82) is 0 Å². The van der Waals surface area contributed by atoms with Crippen LogP contribution in [0.2, 0.25) is 0 Å². The summed E-state index contributed by atoms with van der Waals surface area (Å²) in [6.07, 6.45) is 5.72. The Labute approximate surface area is 116 Å². The monoisotopic (exact) mass is 263 g/mol. The first-order valence-corrected chi connectivity index (χ1v) is 7.29. The van der Waals surface area contributed by atoms with Crippen LogP contribution in [0.3, 0.4) is 0 Å². The van der Waals surface area contributed by atoms with E-state index in [2.05, 4.69) is 34.3 Å². The van der Waals surface area contributed by atoms with Crippen molar-refractivity contribution in [3.05, 3.63) is 23.9 Å². The van der Waals surface area contributed by atoms with E-state index in [1.165, 1.54) is 18.4 Å². The average Bonchev–Trinajstić information content (AvgIpc) is 2.46. The summed E-state index contributed by atoms with van der Waals surface area (Å²) < 4.78 is 5.88. The van der Waals surface area contributed by atoms with Crippen LogP contribution in [0.5, 0.6) is 0 Å². The Balaban J connectivity index is 1.98. The van der Waals surface area contributed by atoms with Crippen LogP contribution < -0.4 is 10.2 Å². The fraction of sp³-hybridized carbons (Fsp3) is 0.667. The van der Waals surface area contributed by atoms with Gasteiger partial charge in [0.1, 0.15) is 5.82 Å². The summed E-state index contributed by atoms with van der Waals surface area (Å²) in [7, 11) is 1.97. The Kier molecular flexibility index (Phi) is 5.61. The van der Waals surface area contributed by atoms with Crippen molar-refractivity contribution < 1.29 is 4.74 Å². The lowest BCUT2D eigenvalue weighted by Crippen LogP contribution is -2.40. The largest absolute Gasteiger partial charge is 0.376 e. The zero-order valence-corrected chi connectivity index (χ0v) is 12.1. The van der Waals surface area contributed by atoms with E-state index < -0.39 is 0 Å². The van der Waals surface area contributed by atoms with Gasteiger partial charge in [-0.25, -0.2) is 4.98 Å². The van der Waals surface area contributed by atoms with Crippen LogP contribution in [0.4, 0.5) is 5.82 Å². The van der Waals surface area contributed by atoms with Crippen LogP contribution in [-0.4, -0.2) is 37.8 Å². The molecule has 1 fully saturated rings. The molecule has 0 saturated carbocycles. The Morgan fingerprint density at radius 3 is 3.21 bits per heavy atom. The average molecular weight is 263 g/mol. The van der Waals surface area contributed by atoms with Crippen molar-refractivity contribution in [2.75, 3.05) is 31.6 Å². The number of anilines is 1. The Hall–Kier alpha value is -1.13. The molecule has 0 bridgehead atoms. The van der Waals surface area contributed by atoms with Crippen molar-refractivity contribution in [2.45, 2.75) is 38.8 Å². The molecule has 4 nitrogen and oxygen atoms in total. The third-order valence-corrected chi connectivity index (χ3v) is 3.45. The number of nitrogens with one attached hydrogen (secondary N) is 1. The van der Waals surface area contributed by atoms with E-state index in [0.29, 0.717) is 6.10 Å². The minimum Gasteiger partial charge on any atom is -0.376 e. The number of nitrogens with zero attached hydrogens (tertiary/aromatic N) is 2. The van der Waals surface area contributed by atoms with Gasteiger partial charge in [-0.2, -0.15) is 0 Å². The highest BCUT2D eigenvalue weighted by Crippen LogP contribution is 2.20. The molecular weight excluding hydrogens is 238 g/mol. The number of ether oxygens (including phenoxy) is 1. The quantitative estimate of drug-likeness (QED) is 0.854. The number of aromatic nitrogens is 1. The second-order valence-electron chi connectivity index (χ2n) is 5.13. The van der Waals surface area contributed by atoms with E-state index >= 15 is 0 Å². The highest BCUT2D eigenvalue weighted by molar-refractivity contribution is 5.41. The molecule has 19 heavy (non-hydrogen) atoms. The van der Waals surface area contributed by atoms with Gasteiger partial charge >= 0.3 is 0 Å². The van der Waals surface area contributed by atoms with E-state index in [1.54, 1.807) is 0 Å². The third kappa shape index (κ3) is 4.18. The maximum atomic E-state index is 5.88. The molecule has 2 rings (SSSR count). The van der Waals surface area contributed by atoms with E-state index in [0.717, 1.165) is 38.5 Å². The van der Waals surface area contributed by atoms with Gasteiger partial charge in [0.05, 0.1) is 6.10 Å². The lowest BCUT2D eigenvalue weighted by molar-refractivity contribution is 0.0439. The smallest absolute Gasteiger partial charge is 0.128 e. The van der Waals surface area contributed by atoms with Crippen molar-refractivity contribution in [3.8, 4) is 0 Å². The summed E-state index contributed by atoms with van der Waals surface area (Å²) in [5, 5.41) is 3.18. The van der Waals surface area contributed by atoms with Gasteiger partial charge in [0.25, 0.3) is 0 Å². The molecule has 1 unspecified atom stereocenters. The summed E-state index contributed by atoms with van der Waals surface area (Å²) in [5.74, 6) is 1.08. The van der Waals surface area contributed by atoms with Crippen molar-refractivity contribution in [1.82, 2.24) is 10.3 Å². The molecule has 106 valence electrons. The zero-order valence-electron chi connectivity index (χ0n) is 12.1. The van der Waals surface area contributed by atoms with E-state index in [4.69, 9.17) is 4.74 Å². The topological polar surface area (TPSA) is 37.4 Å². The minimum absolute atomic E-state index is 0.364. The molecule has 1 aromatic heterocycles. The van der Waals surface area contributed by atoms with Crippen molar-refractivity contribution in [3.63, 3.8) is 0 Å². The van der Waals surface area contributed by atoms with Crippen LogP contribution in [0.1, 0.15) is 31.7 Å². The molecule has 4 heteroatoms. The fourth-order valence-corrected chi connectivity index (χ4v) is 2.51. The van der Waals surface area contributed by atoms with Gasteiger partial charge in [-0.15, -0.1) is 0 Å². The third-order valence-electron chi connectivity index (χ3n) is 3.45. The summed E-state index contributed by atoms with van der Waals surface area (Å²) >= 11 is 0. The van der Waals surface area contributed by atoms with Gasteiger partial charge in [0.15, 0.2) is 0 Å². The summed E-state index contributed by atoms with van der Waals surface area (Å²) in [6.45, 7) is 5.96. The number of hydrogen-bond donors (Lipinski definition) is 1. The molecule has 0 spiro atoms. The highest BCUT2D eigenvalue weighted by atomic mass is 16.5. The summed E-state index contributed by atoms with van der Waals surface area (Å²) in [6, 6.07) is 4.24. The molecule has 1 saturated heterocycles. The molecule has 2 heterocycles. The predicted octanol–water partition coefficient (Wildman–Crippen LogP) is 2.20. The fourth-order valence-electron chi connectivity index (χ4n) is 2.51. The second-order valence-corrected chi connectivity index (χ2v) is 5.13. The predicted molar refractivity (Wildman–Crippen MR) is 78.5 cm³/mol. The number of hydrogen-bond acceptors (Lipinski definition) is 4. The molecule has 0 aromatic carbocycles. The number of piperidine rings is 1. The molecule has 1 N–H and O–H groups in total. The van der Waals surface area contributed by atoms with Gasteiger partial charge in [-0.05, 0) is 44.0 Å². The molecule has 1 aliphatic heterocycles. The molecule has 0 amide bonds. The summed E-state index contributed by atoms with van der Waals surface area (Å²) in [5.41, 5.74) is 1.28. The Bertz CT molecular complexity index is 383. The maximum absolute atomic E-state index is 5.88. The van der Waals surface area contributed by atoms with Gasteiger partial charge in [0.2, 0.25) is 0 Å². The van der Waals surface area contributed by atoms with Gasteiger partial charge in [-0.3, -0.25) is 0 Å². The van der Waals surface area contributed by atoms with Crippen LogP contribution in [0.25, 0.3) is 0 Å². The van der Waals surface area contributed by atoms with Gasteiger partial charge in [-0.1, -0.05) is 6.92 Å². The first kappa shape index (κ1) is 14.3. The van der Waals surface area contributed by atoms with Gasteiger partial charge in [0, 0.05) is 32.4 Å². The van der Waals surface area contributed by atoms with E-state index in [-0.39, 0.29) is 0 Å². The minimum atomic E-state index is 0.364. The zero-order chi connectivity index (χ0) is 13.5. The molecule has 1 aromatic rings. The van der Waals surface area contributed by atoms with Crippen LogP contribution >= 0.6 is 0 Å². The normalized spacial score (nSPS) is 19.7. The Morgan fingerprint density at radius 1 is 1.53 bits per heavy atom. The number of rotatable bonds is 6. The van der Waals surface area contributed by atoms with Crippen LogP contribution in [-0.2, 0) is 11.3 Å². The maximum Gasteiger partial charge on any atom is 0.128 e. The molecule has 0 aliphatic carbocycles. The summed E-state index contributed by atoms with van der Waals surface area (Å²) in [4.78, 5) is 6.85. The first-order chi connectivity index (χ1) is 9.33. The first-order valence-electron chi connectivity index (χ1n) is 7.29. The lowest BCUT2D eigenvalue weighted by atomic mass is 10.1. The van der Waals surface area contributed by atoms with E-state index in [9.17, 15) is 0 Å². The number of pyridine rings is 1. The van der Waals surface area contributed by atoms with Crippen molar-refractivity contribution in [2.24, 2.45) is 0 Å².